The predicted molar refractivity (Wildman–Crippen MR) is 90.7 cm³/mol. The van der Waals surface area contributed by atoms with Crippen molar-refractivity contribution in [2.75, 3.05) is 0 Å². The number of hydrogen-bond donors (Lipinski definition) is 1. The lowest BCUT2D eigenvalue weighted by Gasteiger charge is -2.11. The van der Waals surface area contributed by atoms with Gasteiger partial charge in [-0.25, -0.2) is 4.68 Å². The van der Waals surface area contributed by atoms with Gasteiger partial charge in [-0.15, -0.1) is 0 Å². The molecule has 1 N–H and O–H groups in total. The standard InChI is InChI=1S/C17H18BrN3/c1-12(2)19-10-13-7-8-15(9-16(13)18)21-17-6-4-3-5-14(17)11-20-21/h3-9,11-12,19H,10H2,1-2H3. The SMILES string of the molecule is CC(C)NCc1ccc(-n2ncc3ccccc32)cc1Br. The molecule has 0 aliphatic rings. The molecular weight excluding hydrogens is 326 g/mol. The van der Waals surface area contributed by atoms with Crippen LogP contribution in [0.2, 0.25) is 0 Å². The Hall–Kier alpha value is -1.65. The summed E-state index contributed by atoms with van der Waals surface area (Å²) >= 11 is 3.67. The highest BCUT2D eigenvalue weighted by Crippen LogP contribution is 2.23. The van der Waals surface area contributed by atoms with Crippen molar-refractivity contribution in [1.82, 2.24) is 15.1 Å². The van der Waals surface area contributed by atoms with Crippen LogP contribution < -0.4 is 5.32 Å². The Bertz CT molecular complexity index is 762. The van der Waals surface area contributed by atoms with Crippen LogP contribution in [-0.2, 0) is 6.54 Å². The van der Waals surface area contributed by atoms with E-state index < -0.39 is 0 Å². The molecule has 0 aliphatic heterocycles. The maximum absolute atomic E-state index is 4.49. The number of para-hydroxylation sites is 1. The molecule has 1 heterocycles. The first-order chi connectivity index (χ1) is 10.1. The van der Waals surface area contributed by atoms with E-state index in [4.69, 9.17) is 0 Å². The van der Waals surface area contributed by atoms with Crippen LogP contribution in [0.4, 0.5) is 0 Å². The highest BCUT2D eigenvalue weighted by Gasteiger charge is 2.07. The largest absolute Gasteiger partial charge is 0.310 e. The molecule has 3 aromatic rings. The lowest BCUT2D eigenvalue weighted by atomic mass is 10.2. The number of halogens is 1. The zero-order valence-corrected chi connectivity index (χ0v) is 13.8. The Morgan fingerprint density at radius 3 is 2.76 bits per heavy atom. The molecule has 21 heavy (non-hydrogen) atoms. The van der Waals surface area contributed by atoms with Crippen LogP contribution in [0.5, 0.6) is 0 Å². The molecule has 0 saturated carbocycles. The number of fused-ring (bicyclic) bond motifs is 1. The zero-order chi connectivity index (χ0) is 14.8. The van der Waals surface area contributed by atoms with Crippen LogP contribution >= 0.6 is 15.9 Å². The highest BCUT2D eigenvalue weighted by atomic mass is 79.9. The molecule has 2 aromatic carbocycles. The Labute approximate surface area is 133 Å². The van der Waals surface area contributed by atoms with Gasteiger partial charge in [0.25, 0.3) is 0 Å². The predicted octanol–water partition coefficient (Wildman–Crippen LogP) is 4.29. The summed E-state index contributed by atoms with van der Waals surface area (Å²) in [4.78, 5) is 0. The summed E-state index contributed by atoms with van der Waals surface area (Å²) in [6.45, 7) is 5.16. The maximum Gasteiger partial charge on any atom is 0.0741 e. The minimum absolute atomic E-state index is 0.478. The highest BCUT2D eigenvalue weighted by molar-refractivity contribution is 9.10. The second-order valence-electron chi connectivity index (χ2n) is 5.43. The van der Waals surface area contributed by atoms with Gasteiger partial charge in [-0.3, -0.25) is 0 Å². The van der Waals surface area contributed by atoms with Gasteiger partial charge in [0.15, 0.2) is 0 Å². The average molecular weight is 344 g/mol. The molecule has 1 aromatic heterocycles. The first-order valence-corrected chi connectivity index (χ1v) is 7.89. The number of hydrogen-bond acceptors (Lipinski definition) is 2. The Balaban J connectivity index is 1.95. The molecule has 0 saturated heterocycles. The summed E-state index contributed by atoms with van der Waals surface area (Å²) in [5, 5.41) is 9.08. The van der Waals surface area contributed by atoms with Crippen molar-refractivity contribution in [2.45, 2.75) is 26.4 Å². The van der Waals surface area contributed by atoms with Gasteiger partial charge in [-0.1, -0.05) is 54.0 Å². The molecule has 0 spiro atoms. The van der Waals surface area contributed by atoms with Gasteiger partial charge < -0.3 is 5.32 Å². The van der Waals surface area contributed by atoms with E-state index in [-0.39, 0.29) is 0 Å². The van der Waals surface area contributed by atoms with Crippen molar-refractivity contribution in [3.63, 3.8) is 0 Å². The van der Waals surface area contributed by atoms with Crippen LogP contribution in [0.25, 0.3) is 16.6 Å². The van der Waals surface area contributed by atoms with Gasteiger partial charge in [-0.2, -0.15) is 5.10 Å². The van der Waals surface area contributed by atoms with Gasteiger partial charge in [0.1, 0.15) is 0 Å². The normalized spacial score (nSPS) is 11.4. The molecular formula is C17H18BrN3. The zero-order valence-electron chi connectivity index (χ0n) is 12.2. The smallest absolute Gasteiger partial charge is 0.0741 e. The third-order valence-electron chi connectivity index (χ3n) is 3.46. The number of nitrogens with one attached hydrogen (secondary N) is 1. The van der Waals surface area contributed by atoms with E-state index in [1.54, 1.807) is 0 Å². The minimum Gasteiger partial charge on any atom is -0.310 e. The summed E-state index contributed by atoms with van der Waals surface area (Å²) < 4.78 is 3.08. The molecule has 0 radical (unpaired) electrons. The van der Waals surface area contributed by atoms with E-state index >= 15 is 0 Å². The van der Waals surface area contributed by atoms with Gasteiger partial charge >= 0.3 is 0 Å². The van der Waals surface area contributed by atoms with Crippen molar-refractivity contribution >= 4 is 26.8 Å². The molecule has 0 amide bonds. The van der Waals surface area contributed by atoms with Crippen LogP contribution in [0.3, 0.4) is 0 Å². The summed E-state index contributed by atoms with van der Waals surface area (Å²) in [6.07, 6.45) is 1.90. The van der Waals surface area contributed by atoms with Crippen LogP contribution in [0, 0.1) is 0 Å². The van der Waals surface area contributed by atoms with Gasteiger partial charge in [0, 0.05) is 22.4 Å². The van der Waals surface area contributed by atoms with E-state index in [1.165, 1.54) is 5.56 Å². The lowest BCUT2D eigenvalue weighted by Crippen LogP contribution is -2.22. The van der Waals surface area contributed by atoms with Crippen LogP contribution in [-0.4, -0.2) is 15.8 Å². The van der Waals surface area contributed by atoms with Gasteiger partial charge in [-0.05, 0) is 23.8 Å². The molecule has 0 unspecified atom stereocenters. The van der Waals surface area contributed by atoms with Crippen molar-refractivity contribution in [2.24, 2.45) is 0 Å². The van der Waals surface area contributed by atoms with Crippen molar-refractivity contribution in [3.8, 4) is 5.69 Å². The fourth-order valence-corrected chi connectivity index (χ4v) is 2.81. The fraction of sp³-hybridized carbons (Fsp3) is 0.235. The maximum atomic E-state index is 4.49. The fourth-order valence-electron chi connectivity index (χ4n) is 2.30. The molecule has 4 heteroatoms. The molecule has 0 fully saturated rings. The number of benzene rings is 2. The van der Waals surface area contributed by atoms with Gasteiger partial charge in [0.2, 0.25) is 0 Å². The molecule has 0 bridgehead atoms. The Kier molecular flexibility index (Phi) is 4.08. The molecule has 108 valence electrons. The van der Waals surface area contributed by atoms with Crippen LogP contribution in [0.15, 0.2) is 53.1 Å². The summed E-state index contributed by atoms with van der Waals surface area (Å²) in [5.41, 5.74) is 3.44. The van der Waals surface area contributed by atoms with Crippen LogP contribution in [0.1, 0.15) is 19.4 Å². The van der Waals surface area contributed by atoms with E-state index in [2.05, 4.69) is 70.5 Å². The number of nitrogens with zero attached hydrogens (tertiary/aromatic N) is 2. The minimum atomic E-state index is 0.478. The Morgan fingerprint density at radius 2 is 2.00 bits per heavy atom. The second kappa shape index (κ2) is 6.00. The average Bonchev–Trinajstić information content (AvgIpc) is 2.89. The first-order valence-electron chi connectivity index (χ1n) is 7.10. The van der Waals surface area contributed by atoms with E-state index in [0.717, 1.165) is 27.6 Å². The molecule has 0 atom stereocenters. The molecule has 3 nitrogen and oxygen atoms in total. The number of aromatic nitrogens is 2. The van der Waals surface area contributed by atoms with E-state index in [1.807, 2.05) is 23.0 Å². The summed E-state index contributed by atoms with van der Waals surface area (Å²) in [7, 11) is 0. The third-order valence-corrected chi connectivity index (χ3v) is 4.20. The van der Waals surface area contributed by atoms with E-state index in [9.17, 15) is 0 Å². The third kappa shape index (κ3) is 3.01. The number of rotatable bonds is 4. The van der Waals surface area contributed by atoms with E-state index in [0.29, 0.717) is 6.04 Å². The topological polar surface area (TPSA) is 29.9 Å². The first kappa shape index (κ1) is 14.3. The Morgan fingerprint density at radius 1 is 1.19 bits per heavy atom. The monoisotopic (exact) mass is 343 g/mol. The quantitative estimate of drug-likeness (QED) is 0.765. The van der Waals surface area contributed by atoms with Crippen molar-refractivity contribution < 1.29 is 0 Å². The summed E-state index contributed by atoms with van der Waals surface area (Å²) in [6, 6.07) is 15.1. The van der Waals surface area contributed by atoms with Gasteiger partial charge in [0.05, 0.1) is 17.4 Å². The van der Waals surface area contributed by atoms with Crippen molar-refractivity contribution in [3.05, 3.63) is 58.7 Å². The second-order valence-corrected chi connectivity index (χ2v) is 6.28. The molecule has 0 aliphatic carbocycles. The summed E-state index contributed by atoms with van der Waals surface area (Å²) in [5.74, 6) is 0. The van der Waals surface area contributed by atoms with Crippen molar-refractivity contribution in [1.29, 1.82) is 0 Å². The molecule has 3 rings (SSSR count). The lowest BCUT2D eigenvalue weighted by molar-refractivity contribution is 0.588.